The first-order chi connectivity index (χ1) is 7.14. The molecule has 0 aromatic rings. The van der Waals surface area contributed by atoms with E-state index in [1.165, 1.54) is 44.9 Å². The monoisotopic (exact) mass is 213 g/mol. The Morgan fingerprint density at radius 2 is 1.87 bits per heavy atom. The van der Waals surface area contributed by atoms with E-state index in [-0.39, 0.29) is 0 Å². The Labute approximate surface area is 94.5 Å². The van der Waals surface area contributed by atoms with Gasteiger partial charge in [0.1, 0.15) is 0 Å². The second-order valence-electron chi connectivity index (χ2n) is 5.32. The fourth-order valence-corrected chi connectivity index (χ4v) is 1.85. The van der Waals surface area contributed by atoms with E-state index in [0.717, 1.165) is 13.0 Å². The maximum Gasteiger partial charge on any atom is 0.0743 e. The van der Waals surface area contributed by atoms with Gasteiger partial charge in [-0.25, -0.2) is 0 Å². The van der Waals surface area contributed by atoms with Gasteiger partial charge in [0, 0.05) is 12.6 Å². The molecule has 1 aliphatic carbocycles. The Morgan fingerprint density at radius 1 is 1.20 bits per heavy atom. The quantitative estimate of drug-likeness (QED) is 0.577. The zero-order valence-electron chi connectivity index (χ0n) is 10.4. The Morgan fingerprint density at radius 3 is 2.47 bits per heavy atom. The van der Waals surface area contributed by atoms with Crippen molar-refractivity contribution in [2.75, 3.05) is 6.54 Å². The predicted molar refractivity (Wildman–Crippen MR) is 65.0 cm³/mol. The Hall–Kier alpha value is -0.0800. The van der Waals surface area contributed by atoms with Crippen molar-refractivity contribution in [1.29, 1.82) is 0 Å². The molecule has 1 aliphatic rings. The van der Waals surface area contributed by atoms with Crippen LogP contribution in [-0.2, 0) is 0 Å². The molecule has 0 saturated heterocycles. The highest BCUT2D eigenvalue weighted by molar-refractivity contribution is 4.85. The molecule has 1 rings (SSSR count). The molecule has 0 aromatic carbocycles. The lowest BCUT2D eigenvalue weighted by Gasteiger charge is -2.23. The molecule has 2 nitrogen and oxygen atoms in total. The molecule has 1 saturated carbocycles. The summed E-state index contributed by atoms with van der Waals surface area (Å²) in [6.45, 7) is 4.96. The van der Waals surface area contributed by atoms with Gasteiger partial charge in [-0.3, -0.25) is 0 Å². The molecule has 2 heteroatoms. The Kier molecular flexibility index (Phi) is 5.62. The second-order valence-corrected chi connectivity index (χ2v) is 5.32. The minimum Gasteiger partial charge on any atom is -0.389 e. The van der Waals surface area contributed by atoms with Gasteiger partial charge in [-0.15, -0.1) is 0 Å². The maximum atomic E-state index is 10.1. The van der Waals surface area contributed by atoms with Crippen molar-refractivity contribution in [1.82, 2.24) is 5.32 Å². The fraction of sp³-hybridized carbons (Fsp3) is 1.00. The third-order valence-corrected chi connectivity index (χ3v) is 3.17. The maximum absolute atomic E-state index is 10.1. The molecule has 0 heterocycles. The lowest BCUT2D eigenvalue weighted by Crippen LogP contribution is -2.38. The largest absolute Gasteiger partial charge is 0.389 e. The third-order valence-electron chi connectivity index (χ3n) is 3.17. The molecular weight excluding hydrogens is 186 g/mol. The number of aliphatic hydroxyl groups is 1. The first-order valence-electron chi connectivity index (χ1n) is 6.60. The Bertz CT molecular complexity index is 164. The topological polar surface area (TPSA) is 32.3 Å². The lowest BCUT2D eigenvalue weighted by molar-refractivity contribution is 0.0477. The van der Waals surface area contributed by atoms with Crippen LogP contribution in [0.5, 0.6) is 0 Å². The summed E-state index contributed by atoms with van der Waals surface area (Å²) in [5.74, 6) is 0. The van der Waals surface area contributed by atoms with Crippen molar-refractivity contribution >= 4 is 0 Å². The van der Waals surface area contributed by atoms with Crippen molar-refractivity contribution in [3.63, 3.8) is 0 Å². The van der Waals surface area contributed by atoms with Crippen LogP contribution in [0.2, 0.25) is 0 Å². The van der Waals surface area contributed by atoms with Crippen LogP contribution >= 0.6 is 0 Å². The molecule has 1 unspecified atom stereocenters. The number of hydrogen-bond acceptors (Lipinski definition) is 2. The van der Waals surface area contributed by atoms with E-state index in [2.05, 4.69) is 12.2 Å². The van der Waals surface area contributed by atoms with Crippen LogP contribution in [0.15, 0.2) is 0 Å². The van der Waals surface area contributed by atoms with Gasteiger partial charge in [0.2, 0.25) is 0 Å². The van der Waals surface area contributed by atoms with E-state index >= 15 is 0 Å². The van der Waals surface area contributed by atoms with Gasteiger partial charge in [0.15, 0.2) is 0 Å². The highest BCUT2D eigenvalue weighted by Crippen LogP contribution is 2.21. The highest BCUT2D eigenvalue weighted by atomic mass is 16.3. The lowest BCUT2D eigenvalue weighted by atomic mass is 9.97. The summed E-state index contributed by atoms with van der Waals surface area (Å²) in [6.07, 6.45) is 9.92. The summed E-state index contributed by atoms with van der Waals surface area (Å²) in [5.41, 5.74) is -0.491. The molecule has 0 radical (unpaired) electrons. The molecule has 15 heavy (non-hydrogen) atoms. The molecule has 1 atom stereocenters. The highest BCUT2D eigenvalue weighted by Gasteiger charge is 2.25. The van der Waals surface area contributed by atoms with Crippen LogP contribution in [0.1, 0.15) is 65.2 Å². The van der Waals surface area contributed by atoms with E-state index in [0.29, 0.717) is 6.04 Å². The van der Waals surface area contributed by atoms with Gasteiger partial charge >= 0.3 is 0 Å². The van der Waals surface area contributed by atoms with Gasteiger partial charge in [-0.2, -0.15) is 0 Å². The molecule has 2 N–H and O–H groups in total. The molecule has 0 bridgehead atoms. The molecule has 1 fully saturated rings. The molecule has 0 amide bonds. The zero-order chi connectivity index (χ0) is 11.1. The van der Waals surface area contributed by atoms with Gasteiger partial charge < -0.3 is 10.4 Å². The van der Waals surface area contributed by atoms with Gasteiger partial charge in [-0.05, 0) is 26.2 Å². The number of rotatable bonds is 9. The fourth-order valence-electron chi connectivity index (χ4n) is 1.85. The van der Waals surface area contributed by atoms with Gasteiger partial charge in [-0.1, -0.05) is 39.0 Å². The van der Waals surface area contributed by atoms with E-state index < -0.39 is 5.60 Å². The molecular formula is C13H27NO. The van der Waals surface area contributed by atoms with Crippen molar-refractivity contribution < 1.29 is 5.11 Å². The molecule has 0 aromatic heterocycles. The van der Waals surface area contributed by atoms with Crippen LogP contribution < -0.4 is 5.32 Å². The van der Waals surface area contributed by atoms with E-state index in [4.69, 9.17) is 0 Å². The van der Waals surface area contributed by atoms with Gasteiger partial charge in [0.05, 0.1) is 5.60 Å². The smallest absolute Gasteiger partial charge is 0.0743 e. The Balaban J connectivity index is 1.95. The van der Waals surface area contributed by atoms with Crippen molar-refractivity contribution in [3.05, 3.63) is 0 Å². The summed E-state index contributed by atoms with van der Waals surface area (Å²) in [7, 11) is 0. The number of hydrogen-bond donors (Lipinski definition) is 2. The molecule has 0 spiro atoms. The number of nitrogens with one attached hydrogen (secondary N) is 1. The third kappa shape index (κ3) is 6.91. The average molecular weight is 213 g/mol. The SMILES string of the molecule is CCCCCCCC(C)(O)CNC1CC1. The van der Waals surface area contributed by atoms with Crippen molar-refractivity contribution in [3.8, 4) is 0 Å². The second kappa shape index (κ2) is 6.49. The van der Waals surface area contributed by atoms with Crippen LogP contribution in [-0.4, -0.2) is 23.3 Å². The van der Waals surface area contributed by atoms with Crippen LogP contribution in [0, 0.1) is 0 Å². The summed E-state index contributed by atoms with van der Waals surface area (Å²) in [4.78, 5) is 0. The van der Waals surface area contributed by atoms with E-state index in [1.807, 2.05) is 6.92 Å². The van der Waals surface area contributed by atoms with Crippen LogP contribution in [0.4, 0.5) is 0 Å². The molecule has 0 aliphatic heterocycles. The first-order valence-corrected chi connectivity index (χ1v) is 6.60. The van der Waals surface area contributed by atoms with Crippen LogP contribution in [0.25, 0.3) is 0 Å². The number of unbranched alkanes of at least 4 members (excludes halogenated alkanes) is 4. The van der Waals surface area contributed by atoms with E-state index in [1.54, 1.807) is 0 Å². The minimum atomic E-state index is -0.491. The zero-order valence-corrected chi connectivity index (χ0v) is 10.4. The predicted octanol–water partition coefficient (Wildman–Crippen LogP) is 2.85. The summed E-state index contributed by atoms with van der Waals surface area (Å²) >= 11 is 0. The van der Waals surface area contributed by atoms with E-state index in [9.17, 15) is 5.11 Å². The summed E-state index contributed by atoms with van der Waals surface area (Å²) < 4.78 is 0. The van der Waals surface area contributed by atoms with Crippen molar-refractivity contribution in [2.45, 2.75) is 76.9 Å². The first kappa shape index (κ1) is 13.0. The molecule has 90 valence electrons. The average Bonchev–Trinajstić information content (AvgIpc) is 2.98. The van der Waals surface area contributed by atoms with Crippen molar-refractivity contribution in [2.24, 2.45) is 0 Å². The normalized spacial score (nSPS) is 20.2. The van der Waals surface area contributed by atoms with Gasteiger partial charge in [0.25, 0.3) is 0 Å². The standard InChI is InChI=1S/C13H27NO/c1-3-4-5-6-7-10-13(2,15)11-14-12-8-9-12/h12,14-15H,3-11H2,1-2H3. The summed E-state index contributed by atoms with van der Waals surface area (Å²) in [5, 5.41) is 13.5. The minimum absolute atomic E-state index is 0.491. The summed E-state index contributed by atoms with van der Waals surface area (Å²) in [6, 6.07) is 0.705. The van der Waals surface area contributed by atoms with Crippen LogP contribution in [0.3, 0.4) is 0 Å².